The van der Waals surface area contributed by atoms with Crippen LogP contribution in [0.3, 0.4) is 0 Å². The van der Waals surface area contributed by atoms with E-state index in [0.29, 0.717) is 12.5 Å². The Labute approximate surface area is 143 Å². The van der Waals surface area contributed by atoms with E-state index in [2.05, 4.69) is 19.0 Å². The number of hydrogen-bond acceptors (Lipinski definition) is 4. The maximum absolute atomic E-state index is 12.6. The van der Waals surface area contributed by atoms with Gasteiger partial charge in [0.05, 0.1) is 6.07 Å². The quantitative estimate of drug-likeness (QED) is 0.652. The fourth-order valence-electron chi connectivity index (χ4n) is 2.33. The molecule has 0 atom stereocenters. The minimum absolute atomic E-state index is 0.112. The molecular weight excluding hydrogens is 304 g/mol. The van der Waals surface area contributed by atoms with Crippen molar-refractivity contribution in [2.45, 2.75) is 46.1 Å². The number of aromatic nitrogens is 1. The summed E-state index contributed by atoms with van der Waals surface area (Å²) in [7, 11) is 0. The summed E-state index contributed by atoms with van der Waals surface area (Å²) in [5.41, 5.74) is 1.04. The summed E-state index contributed by atoms with van der Waals surface area (Å²) < 4.78 is 10.8. The Kier molecular flexibility index (Phi) is 7.33. The number of carbonyl (C=O) groups excluding carboxylic acids is 1. The molecule has 0 N–H and O–H groups in total. The van der Waals surface area contributed by atoms with E-state index in [0.717, 1.165) is 44.3 Å². The van der Waals surface area contributed by atoms with Crippen molar-refractivity contribution in [1.29, 1.82) is 0 Å². The molecule has 5 heteroatoms. The summed E-state index contributed by atoms with van der Waals surface area (Å²) in [6.07, 6.45) is 4.08. The van der Waals surface area contributed by atoms with Crippen LogP contribution in [0.15, 0.2) is 40.9 Å². The maximum atomic E-state index is 12.6. The van der Waals surface area contributed by atoms with Crippen LogP contribution in [0.2, 0.25) is 0 Å². The lowest BCUT2D eigenvalue weighted by Crippen LogP contribution is -2.32. The lowest BCUT2D eigenvalue weighted by molar-refractivity contribution is 0.0708. The van der Waals surface area contributed by atoms with Crippen LogP contribution in [0.1, 0.15) is 55.6 Å². The second-order valence-corrected chi connectivity index (χ2v) is 5.80. The Morgan fingerprint density at radius 1 is 1.12 bits per heavy atom. The first-order valence-electron chi connectivity index (χ1n) is 8.67. The number of carbonyl (C=O) groups is 1. The van der Waals surface area contributed by atoms with Gasteiger partial charge in [-0.05, 0) is 23.6 Å². The average molecular weight is 330 g/mol. The predicted molar refractivity (Wildman–Crippen MR) is 93.0 cm³/mol. The molecular formula is C19H26N2O3. The van der Waals surface area contributed by atoms with Gasteiger partial charge in [-0.15, -0.1) is 0 Å². The molecule has 130 valence electrons. The van der Waals surface area contributed by atoms with E-state index in [4.69, 9.17) is 9.26 Å². The number of ether oxygens (including phenoxy) is 1. The standard InChI is InChI=1S/C19H26N2O3/c1-3-5-12-21(13-6-4-2)19(22)17-14-18(20-24-17)23-15-16-10-8-7-9-11-16/h7-11,14H,3-6,12-13,15H2,1-2H3. The lowest BCUT2D eigenvalue weighted by atomic mass is 10.2. The highest BCUT2D eigenvalue weighted by Gasteiger charge is 2.20. The van der Waals surface area contributed by atoms with E-state index in [1.165, 1.54) is 0 Å². The molecule has 0 saturated carbocycles. The zero-order chi connectivity index (χ0) is 17.2. The fraction of sp³-hybridized carbons (Fsp3) is 0.474. The SMILES string of the molecule is CCCCN(CCCC)C(=O)c1cc(OCc2ccccc2)no1. The monoisotopic (exact) mass is 330 g/mol. The molecule has 0 aliphatic heterocycles. The Hall–Kier alpha value is -2.30. The number of amides is 1. The zero-order valence-electron chi connectivity index (χ0n) is 14.5. The number of rotatable bonds is 10. The van der Waals surface area contributed by atoms with Gasteiger partial charge in [0.1, 0.15) is 6.61 Å². The van der Waals surface area contributed by atoms with Crippen LogP contribution < -0.4 is 4.74 Å². The van der Waals surface area contributed by atoms with Gasteiger partial charge < -0.3 is 14.2 Å². The van der Waals surface area contributed by atoms with Crippen LogP contribution in [0.25, 0.3) is 0 Å². The summed E-state index contributed by atoms with van der Waals surface area (Å²) in [6, 6.07) is 11.4. The molecule has 1 amide bonds. The summed E-state index contributed by atoms with van der Waals surface area (Å²) in [6.45, 7) is 6.13. The van der Waals surface area contributed by atoms with Gasteiger partial charge in [-0.2, -0.15) is 0 Å². The highest BCUT2D eigenvalue weighted by molar-refractivity contribution is 5.91. The Morgan fingerprint density at radius 2 is 1.79 bits per heavy atom. The van der Waals surface area contributed by atoms with E-state index in [-0.39, 0.29) is 11.7 Å². The molecule has 0 fully saturated rings. The maximum Gasteiger partial charge on any atom is 0.292 e. The van der Waals surface area contributed by atoms with E-state index in [1.54, 1.807) is 6.07 Å². The molecule has 2 rings (SSSR count). The average Bonchev–Trinajstić information content (AvgIpc) is 3.09. The van der Waals surface area contributed by atoms with Crippen molar-refractivity contribution in [3.8, 4) is 5.88 Å². The van der Waals surface area contributed by atoms with E-state index < -0.39 is 0 Å². The van der Waals surface area contributed by atoms with Crippen molar-refractivity contribution in [2.75, 3.05) is 13.1 Å². The summed E-state index contributed by atoms with van der Waals surface area (Å²) in [4.78, 5) is 14.4. The van der Waals surface area contributed by atoms with Crippen LogP contribution in [-0.4, -0.2) is 29.1 Å². The molecule has 5 nitrogen and oxygen atoms in total. The van der Waals surface area contributed by atoms with Gasteiger partial charge in [-0.3, -0.25) is 4.79 Å². The highest BCUT2D eigenvalue weighted by atomic mass is 16.5. The molecule has 0 saturated heterocycles. The molecule has 0 unspecified atom stereocenters. The van der Waals surface area contributed by atoms with Crippen LogP contribution in [-0.2, 0) is 6.61 Å². The van der Waals surface area contributed by atoms with Crippen molar-refractivity contribution in [1.82, 2.24) is 10.1 Å². The molecule has 0 bridgehead atoms. The second-order valence-electron chi connectivity index (χ2n) is 5.80. The van der Waals surface area contributed by atoms with E-state index >= 15 is 0 Å². The van der Waals surface area contributed by atoms with Crippen molar-refractivity contribution in [3.63, 3.8) is 0 Å². The third kappa shape index (κ3) is 5.41. The molecule has 1 aromatic heterocycles. The Balaban J connectivity index is 1.95. The summed E-state index contributed by atoms with van der Waals surface area (Å²) >= 11 is 0. The normalized spacial score (nSPS) is 10.6. The Morgan fingerprint density at radius 3 is 2.42 bits per heavy atom. The number of nitrogens with zero attached hydrogens (tertiary/aromatic N) is 2. The molecule has 24 heavy (non-hydrogen) atoms. The van der Waals surface area contributed by atoms with Gasteiger partial charge >= 0.3 is 0 Å². The van der Waals surface area contributed by atoms with Crippen LogP contribution in [0.5, 0.6) is 5.88 Å². The molecule has 1 heterocycles. The molecule has 1 aromatic carbocycles. The lowest BCUT2D eigenvalue weighted by Gasteiger charge is -2.20. The number of unbranched alkanes of at least 4 members (excludes halogenated alkanes) is 2. The molecule has 2 aromatic rings. The third-order valence-corrected chi connectivity index (χ3v) is 3.78. The minimum atomic E-state index is -0.112. The highest BCUT2D eigenvalue weighted by Crippen LogP contribution is 2.16. The van der Waals surface area contributed by atoms with Gasteiger partial charge in [0, 0.05) is 13.1 Å². The number of hydrogen-bond donors (Lipinski definition) is 0. The van der Waals surface area contributed by atoms with Crippen molar-refractivity contribution >= 4 is 5.91 Å². The first-order valence-corrected chi connectivity index (χ1v) is 8.67. The first-order chi connectivity index (χ1) is 11.7. The van der Waals surface area contributed by atoms with E-state index in [9.17, 15) is 4.79 Å². The van der Waals surface area contributed by atoms with Crippen molar-refractivity contribution in [3.05, 3.63) is 47.7 Å². The number of benzene rings is 1. The van der Waals surface area contributed by atoms with Crippen molar-refractivity contribution in [2.24, 2.45) is 0 Å². The minimum Gasteiger partial charge on any atom is -0.471 e. The van der Waals surface area contributed by atoms with Gasteiger partial charge in [-0.1, -0.05) is 57.0 Å². The largest absolute Gasteiger partial charge is 0.471 e. The van der Waals surface area contributed by atoms with Crippen LogP contribution >= 0.6 is 0 Å². The first kappa shape index (κ1) is 18.0. The van der Waals surface area contributed by atoms with Crippen LogP contribution in [0, 0.1) is 0 Å². The third-order valence-electron chi connectivity index (χ3n) is 3.78. The Bertz CT molecular complexity index is 602. The van der Waals surface area contributed by atoms with Gasteiger partial charge in [0.15, 0.2) is 0 Å². The fourth-order valence-corrected chi connectivity index (χ4v) is 2.33. The van der Waals surface area contributed by atoms with Gasteiger partial charge in [-0.25, -0.2) is 0 Å². The topological polar surface area (TPSA) is 55.6 Å². The molecule has 0 spiro atoms. The molecule has 0 aliphatic carbocycles. The van der Waals surface area contributed by atoms with E-state index in [1.807, 2.05) is 35.2 Å². The molecule has 0 aliphatic rings. The smallest absolute Gasteiger partial charge is 0.292 e. The predicted octanol–water partition coefficient (Wildman–Crippen LogP) is 4.30. The van der Waals surface area contributed by atoms with Crippen LogP contribution in [0.4, 0.5) is 0 Å². The molecule has 0 radical (unpaired) electrons. The second kappa shape index (κ2) is 9.75. The summed E-state index contributed by atoms with van der Waals surface area (Å²) in [5.74, 6) is 0.470. The van der Waals surface area contributed by atoms with Crippen molar-refractivity contribution < 1.29 is 14.1 Å². The van der Waals surface area contributed by atoms with Gasteiger partial charge in [0.25, 0.3) is 11.8 Å². The summed E-state index contributed by atoms with van der Waals surface area (Å²) in [5, 5.41) is 3.85. The van der Waals surface area contributed by atoms with Gasteiger partial charge in [0.2, 0.25) is 5.76 Å². The zero-order valence-corrected chi connectivity index (χ0v) is 14.5.